The molecule has 3 aromatic carbocycles. The number of ether oxygens (including phenoxy) is 1. The maximum absolute atomic E-state index is 11.8. The molecule has 2 N–H and O–H groups in total. The number of fused-ring (bicyclic) bond motifs is 1. The molecule has 0 bridgehead atoms. The Labute approximate surface area is 140 Å². The summed E-state index contributed by atoms with van der Waals surface area (Å²) in [4.78, 5) is 11.8. The molecule has 0 spiro atoms. The predicted octanol–water partition coefficient (Wildman–Crippen LogP) is 4.13. The summed E-state index contributed by atoms with van der Waals surface area (Å²) in [5.41, 5.74) is 10.2. The van der Waals surface area contributed by atoms with Crippen LogP contribution in [-0.4, -0.2) is 5.91 Å². The number of primary amides is 1. The third kappa shape index (κ3) is 2.44. The van der Waals surface area contributed by atoms with Gasteiger partial charge in [0.15, 0.2) is 0 Å². The number of rotatable bonds is 3. The number of hydrogen-bond acceptors (Lipinski definition) is 2. The maximum Gasteiger partial charge on any atom is 0.249 e. The first-order valence-corrected chi connectivity index (χ1v) is 7.97. The minimum atomic E-state index is -0.420. The average Bonchev–Trinajstić information content (AvgIpc) is 3.05. The van der Waals surface area contributed by atoms with Gasteiger partial charge in [0.25, 0.3) is 0 Å². The van der Waals surface area contributed by atoms with E-state index in [1.807, 2.05) is 54.6 Å². The third-order valence-electron chi connectivity index (χ3n) is 4.44. The van der Waals surface area contributed by atoms with E-state index in [0.29, 0.717) is 5.56 Å². The van der Waals surface area contributed by atoms with E-state index in [0.717, 1.165) is 28.9 Å². The number of benzene rings is 3. The Hall–Kier alpha value is -3.07. The van der Waals surface area contributed by atoms with E-state index >= 15 is 0 Å². The highest BCUT2D eigenvalue weighted by Crippen LogP contribution is 2.40. The Kier molecular flexibility index (Phi) is 3.54. The molecule has 1 unspecified atom stereocenters. The fourth-order valence-corrected chi connectivity index (χ4v) is 3.31. The van der Waals surface area contributed by atoms with Crippen LogP contribution in [0.15, 0.2) is 72.8 Å². The van der Waals surface area contributed by atoms with Gasteiger partial charge < -0.3 is 10.5 Å². The second-order valence-electron chi connectivity index (χ2n) is 5.92. The molecule has 0 saturated heterocycles. The van der Waals surface area contributed by atoms with Gasteiger partial charge in [-0.2, -0.15) is 0 Å². The van der Waals surface area contributed by atoms with Crippen LogP contribution in [0, 0.1) is 0 Å². The molecule has 1 atom stereocenters. The summed E-state index contributed by atoms with van der Waals surface area (Å²) >= 11 is 0. The lowest BCUT2D eigenvalue weighted by Crippen LogP contribution is -2.13. The lowest BCUT2D eigenvalue weighted by Gasteiger charge is -2.17. The van der Waals surface area contributed by atoms with Gasteiger partial charge in [-0.05, 0) is 28.8 Å². The van der Waals surface area contributed by atoms with Crippen LogP contribution in [0.2, 0.25) is 0 Å². The third-order valence-corrected chi connectivity index (χ3v) is 4.44. The van der Waals surface area contributed by atoms with Crippen LogP contribution >= 0.6 is 0 Å². The summed E-state index contributed by atoms with van der Waals surface area (Å²) in [6, 6.07) is 23.6. The Morgan fingerprint density at radius 3 is 2.33 bits per heavy atom. The van der Waals surface area contributed by atoms with E-state index in [2.05, 4.69) is 12.1 Å². The molecule has 0 aromatic heterocycles. The van der Waals surface area contributed by atoms with Crippen molar-refractivity contribution in [1.29, 1.82) is 0 Å². The van der Waals surface area contributed by atoms with Crippen molar-refractivity contribution < 1.29 is 9.53 Å². The Morgan fingerprint density at radius 1 is 0.875 bits per heavy atom. The molecule has 3 aromatic rings. The van der Waals surface area contributed by atoms with Crippen molar-refractivity contribution in [3.63, 3.8) is 0 Å². The lowest BCUT2D eigenvalue weighted by molar-refractivity contribution is 0.100. The van der Waals surface area contributed by atoms with Crippen LogP contribution in [0.3, 0.4) is 0 Å². The van der Waals surface area contributed by atoms with Crippen LogP contribution in [0.1, 0.15) is 27.6 Å². The number of carbonyl (C=O) groups excluding carboxylic acids is 1. The first-order valence-electron chi connectivity index (χ1n) is 7.97. The Balaban J connectivity index is 1.80. The number of para-hydroxylation sites is 1. The molecular formula is C21H17NO2. The normalized spacial score (nSPS) is 15.6. The molecule has 1 aliphatic rings. The van der Waals surface area contributed by atoms with E-state index in [1.54, 1.807) is 6.07 Å². The molecule has 3 heteroatoms. The monoisotopic (exact) mass is 315 g/mol. The van der Waals surface area contributed by atoms with E-state index in [-0.39, 0.29) is 6.10 Å². The lowest BCUT2D eigenvalue weighted by atomic mass is 9.91. The minimum absolute atomic E-state index is 0.0560. The molecule has 3 nitrogen and oxygen atoms in total. The fraction of sp³-hybridized carbons (Fsp3) is 0.0952. The molecule has 1 heterocycles. The largest absolute Gasteiger partial charge is 0.485 e. The smallest absolute Gasteiger partial charge is 0.249 e. The number of amides is 1. The van der Waals surface area contributed by atoms with Crippen molar-refractivity contribution in [3.8, 4) is 16.9 Å². The van der Waals surface area contributed by atoms with Crippen molar-refractivity contribution in [2.75, 3.05) is 0 Å². The van der Waals surface area contributed by atoms with Gasteiger partial charge >= 0.3 is 0 Å². The SMILES string of the molecule is NC(=O)c1ccccc1-c1ccccc1C1Cc2ccccc2O1. The molecule has 4 rings (SSSR count). The number of hydrogen-bond donors (Lipinski definition) is 1. The Morgan fingerprint density at radius 2 is 1.54 bits per heavy atom. The first kappa shape index (κ1) is 14.5. The van der Waals surface area contributed by atoms with Crippen molar-refractivity contribution in [1.82, 2.24) is 0 Å². The van der Waals surface area contributed by atoms with Gasteiger partial charge in [0, 0.05) is 17.5 Å². The van der Waals surface area contributed by atoms with Crippen LogP contribution in [0.25, 0.3) is 11.1 Å². The second kappa shape index (κ2) is 5.85. The summed E-state index contributed by atoms with van der Waals surface area (Å²) < 4.78 is 6.14. The molecule has 118 valence electrons. The highest BCUT2D eigenvalue weighted by Gasteiger charge is 2.26. The van der Waals surface area contributed by atoms with Crippen LogP contribution in [0.5, 0.6) is 5.75 Å². The fourth-order valence-electron chi connectivity index (χ4n) is 3.31. The highest BCUT2D eigenvalue weighted by atomic mass is 16.5. The quantitative estimate of drug-likeness (QED) is 0.790. The first-order chi connectivity index (χ1) is 11.7. The second-order valence-corrected chi connectivity index (χ2v) is 5.92. The van der Waals surface area contributed by atoms with Gasteiger partial charge in [-0.25, -0.2) is 0 Å². The number of nitrogens with two attached hydrogens (primary N) is 1. The molecule has 0 radical (unpaired) electrons. The summed E-state index contributed by atoms with van der Waals surface area (Å²) in [6.07, 6.45) is 0.769. The van der Waals surface area contributed by atoms with E-state index in [9.17, 15) is 4.79 Å². The van der Waals surface area contributed by atoms with Crippen molar-refractivity contribution in [2.24, 2.45) is 5.73 Å². The molecule has 1 aliphatic heterocycles. The van der Waals surface area contributed by atoms with Crippen LogP contribution < -0.4 is 10.5 Å². The molecule has 1 amide bonds. The summed E-state index contributed by atoms with van der Waals surface area (Å²) in [6.45, 7) is 0. The Bertz CT molecular complexity index is 892. The maximum atomic E-state index is 11.8. The molecule has 0 saturated carbocycles. The van der Waals surface area contributed by atoms with E-state index in [1.165, 1.54) is 5.56 Å². The van der Waals surface area contributed by atoms with E-state index < -0.39 is 5.91 Å². The topological polar surface area (TPSA) is 52.3 Å². The van der Waals surface area contributed by atoms with Crippen molar-refractivity contribution >= 4 is 5.91 Å². The van der Waals surface area contributed by atoms with E-state index in [4.69, 9.17) is 10.5 Å². The summed E-state index contributed by atoms with van der Waals surface area (Å²) in [7, 11) is 0. The predicted molar refractivity (Wildman–Crippen MR) is 93.9 cm³/mol. The standard InChI is InChI=1S/C21H17NO2/c22-21(23)18-11-5-3-9-16(18)15-8-2-4-10-17(15)20-13-14-7-1-6-12-19(14)24-20/h1-12,20H,13H2,(H2,22,23). The van der Waals surface area contributed by atoms with Gasteiger partial charge in [-0.1, -0.05) is 60.7 Å². The number of carbonyl (C=O) groups is 1. The molecule has 0 fully saturated rings. The van der Waals surface area contributed by atoms with Crippen molar-refractivity contribution in [3.05, 3.63) is 89.5 Å². The zero-order valence-corrected chi connectivity index (χ0v) is 13.1. The zero-order chi connectivity index (χ0) is 16.5. The van der Waals surface area contributed by atoms with Gasteiger partial charge in [-0.3, -0.25) is 4.79 Å². The summed E-state index contributed by atoms with van der Waals surface area (Å²) in [5, 5.41) is 0. The van der Waals surface area contributed by atoms with Gasteiger partial charge in [0.2, 0.25) is 5.91 Å². The van der Waals surface area contributed by atoms with Crippen molar-refractivity contribution in [2.45, 2.75) is 12.5 Å². The van der Waals surface area contributed by atoms with Crippen LogP contribution in [0.4, 0.5) is 0 Å². The average molecular weight is 315 g/mol. The summed E-state index contributed by atoms with van der Waals surface area (Å²) in [5.74, 6) is 0.511. The molecule has 0 aliphatic carbocycles. The molecule has 24 heavy (non-hydrogen) atoms. The minimum Gasteiger partial charge on any atom is -0.485 e. The van der Waals surface area contributed by atoms with Gasteiger partial charge in [-0.15, -0.1) is 0 Å². The molecular weight excluding hydrogens is 298 g/mol. The highest BCUT2D eigenvalue weighted by molar-refractivity contribution is 6.00. The van der Waals surface area contributed by atoms with Gasteiger partial charge in [0.1, 0.15) is 11.9 Å². The zero-order valence-electron chi connectivity index (χ0n) is 13.1. The van der Waals surface area contributed by atoms with Gasteiger partial charge in [0.05, 0.1) is 0 Å². The van der Waals surface area contributed by atoms with Crippen LogP contribution in [-0.2, 0) is 6.42 Å².